The fourth-order valence-corrected chi connectivity index (χ4v) is 3.85. The van der Waals surface area contributed by atoms with Crippen LogP contribution in [0.3, 0.4) is 0 Å². The molecule has 1 aromatic rings. The number of rotatable bonds is 7. The van der Waals surface area contributed by atoms with Crippen molar-refractivity contribution < 1.29 is 8.42 Å². The van der Waals surface area contributed by atoms with Crippen molar-refractivity contribution in [3.8, 4) is 0 Å². The van der Waals surface area contributed by atoms with E-state index in [1.807, 2.05) is 26.0 Å². The molecular formula is C16H27NO2S. The van der Waals surface area contributed by atoms with E-state index in [4.69, 9.17) is 0 Å². The van der Waals surface area contributed by atoms with Gasteiger partial charge in [-0.05, 0) is 50.4 Å². The third kappa shape index (κ3) is 4.32. The van der Waals surface area contributed by atoms with Gasteiger partial charge in [0.2, 0.25) is 0 Å². The predicted octanol–water partition coefficient (Wildman–Crippen LogP) is 3.36. The highest BCUT2D eigenvalue weighted by Crippen LogP contribution is 2.22. The van der Waals surface area contributed by atoms with E-state index in [1.54, 1.807) is 19.1 Å². The first-order chi connectivity index (χ1) is 9.28. The maximum Gasteiger partial charge on any atom is 0.181 e. The van der Waals surface area contributed by atoms with Crippen molar-refractivity contribution in [2.45, 2.75) is 63.1 Å². The van der Waals surface area contributed by atoms with Crippen LogP contribution in [0.1, 0.15) is 52.5 Å². The molecular weight excluding hydrogens is 270 g/mol. The standard InChI is InChI=1S/C16H27NO2S/c1-6-17-13(4)11-14(5)20(18,19)16-9-7-15(8-10-16)12(2)3/h7-10,12-14,17H,6,11H2,1-5H3. The molecule has 0 aliphatic heterocycles. The summed E-state index contributed by atoms with van der Waals surface area (Å²) in [7, 11) is -3.23. The van der Waals surface area contributed by atoms with E-state index in [0.29, 0.717) is 17.2 Å². The summed E-state index contributed by atoms with van der Waals surface area (Å²) in [5, 5.41) is 2.89. The lowest BCUT2D eigenvalue weighted by atomic mass is 10.0. The average Bonchev–Trinajstić information content (AvgIpc) is 2.38. The molecule has 0 saturated carbocycles. The fraction of sp³-hybridized carbons (Fsp3) is 0.625. The molecule has 0 fully saturated rings. The molecule has 1 rings (SSSR count). The van der Waals surface area contributed by atoms with Crippen molar-refractivity contribution >= 4 is 9.84 Å². The second-order valence-corrected chi connectivity index (χ2v) is 8.14. The van der Waals surface area contributed by atoms with Gasteiger partial charge in [-0.1, -0.05) is 32.9 Å². The number of benzene rings is 1. The molecule has 4 heteroatoms. The highest BCUT2D eigenvalue weighted by Gasteiger charge is 2.24. The van der Waals surface area contributed by atoms with Gasteiger partial charge in [-0.3, -0.25) is 0 Å². The topological polar surface area (TPSA) is 46.2 Å². The van der Waals surface area contributed by atoms with Crippen LogP contribution < -0.4 is 5.32 Å². The average molecular weight is 297 g/mol. The maximum absolute atomic E-state index is 12.5. The van der Waals surface area contributed by atoms with Crippen molar-refractivity contribution in [3.05, 3.63) is 29.8 Å². The van der Waals surface area contributed by atoms with Gasteiger partial charge in [0.25, 0.3) is 0 Å². The summed E-state index contributed by atoms with van der Waals surface area (Å²) in [6, 6.07) is 7.51. The molecule has 0 saturated heterocycles. The number of sulfone groups is 1. The molecule has 3 nitrogen and oxygen atoms in total. The van der Waals surface area contributed by atoms with Crippen LogP contribution in [0.25, 0.3) is 0 Å². The largest absolute Gasteiger partial charge is 0.314 e. The van der Waals surface area contributed by atoms with Gasteiger partial charge in [-0.2, -0.15) is 0 Å². The van der Waals surface area contributed by atoms with Gasteiger partial charge in [-0.25, -0.2) is 8.42 Å². The zero-order chi connectivity index (χ0) is 15.3. The van der Waals surface area contributed by atoms with Crippen molar-refractivity contribution in [3.63, 3.8) is 0 Å². The molecule has 0 spiro atoms. The van der Waals surface area contributed by atoms with Crippen LogP contribution in [-0.4, -0.2) is 26.3 Å². The molecule has 1 N–H and O–H groups in total. The Balaban J connectivity index is 2.87. The van der Waals surface area contributed by atoms with Gasteiger partial charge < -0.3 is 5.32 Å². The fourth-order valence-electron chi connectivity index (χ4n) is 2.33. The highest BCUT2D eigenvalue weighted by molar-refractivity contribution is 7.92. The van der Waals surface area contributed by atoms with Crippen LogP contribution in [0.5, 0.6) is 0 Å². The summed E-state index contributed by atoms with van der Waals surface area (Å²) in [4.78, 5) is 0.429. The molecule has 2 unspecified atom stereocenters. The number of hydrogen-bond donors (Lipinski definition) is 1. The molecule has 0 radical (unpaired) electrons. The molecule has 0 bridgehead atoms. The molecule has 0 heterocycles. The first-order valence-corrected chi connectivity index (χ1v) is 8.90. The third-order valence-corrected chi connectivity index (χ3v) is 5.82. The van der Waals surface area contributed by atoms with Gasteiger partial charge in [0.15, 0.2) is 9.84 Å². The van der Waals surface area contributed by atoms with Gasteiger partial charge in [-0.15, -0.1) is 0 Å². The predicted molar refractivity (Wildman–Crippen MR) is 84.9 cm³/mol. The molecule has 1 aromatic carbocycles. The molecule has 0 aliphatic rings. The third-order valence-electron chi connectivity index (χ3n) is 3.64. The minimum atomic E-state index is -3.23. The molecule has 2 atom stereocenters. The molecule has 114 valence electrons. The summed E-state index contributed by atoms with van der Waals surface area (Å²) < 4.78 is 25.1. The first-order valence-electron chi connectivity index (χ1n) is 7.36. The normalized spacial score (nSPS) is 15.3. The molecule has 0 aromatic heterocycles. The first kappa shape index (κ1) is 17.2. The quantitative estimate of drug-likeness (QED) is 0.839. The van der Waals surface area contributed by atoms with E-state index in [0.717, 1.165) is 12.1 Å². The van der Waals surface area contributed by atoms with Gasteiger partial charge >= 0.3 is 0 Å². The lowest BCUT2D eigenvalue weighted by molar-refractivity contribution is 0.509. The smallest absolute Gasteiger partial charge is 0.181 e. The van der Waals surface area contributed by atoms with E-state index >= 15 is 0 Å². The Kier molecular flexibility index (Phi) is 6.21. The molecule has 20 heavy (non-hydrogen) atoms. The SMILES string of the molecule is CCNC(C)CC(C)S(=O)(=O)c1ccc(C(C)C)cc1. The van der Waals surface area contributed by atoms with E-state index < -0.39 is 9.84 Å². The van der Waals surface area contributed by atoms with Crippen LogP contribution in [0.4, 0.5) is 0 Å². The number of hydrogen-bond acceptors (Lipinski definition) is 3. The Morgan fingerprint density at radius 1 is 1.05 bits per heavy atom. The second kappa shape index (κ2) is 7.23. The maximum atomic E-state index is 12.5. The molecule has 0 amide bonds. The molecule has 0 aliphatic carbocycles. The zero-order valence-corrected chi connectivity index (χ0v) is 14.0. The lowest BCUT2D eigenvalue weighted by Gasteiger charge is -2.18. The van der Waals surface area contributed by atoms with E-state index in [-0.39, 0.29) is 11.3 Å². The summed E-state index contributed by atoms with van der Waals surface area (Å²) in [5.74, 6) is 0.415. The Bertz CT molecular complexity index is 506. The Hall–Kier alpha value is -0.870. The monoisotopic (exact) mass is 297 g/mol. The second-order valence-electron chi connectivity index (χ2n) is 5.77. The van der Waals surface area contributed by atoms with Crippen molar-refractivity contribution in [2.24, 2.45) is 0 Å². The summed E-state index contributed by atoms with van der Waals surface area (Å²) in [6.45, 7) is 10.9. The Morgan fingerprint density at radius 2 is 1.60 bits per heavy atom. The minimum absolute atomic E-state index is 0.208. The zero-order valence-electron chi connectivity index (χ0n) is 13.2. The van der Waals surface area contributed by atoms with E-state index in [2.05, 4.69) is 19.2 Å². The van der Waals surface area contributed by atoms with Gasteiger partial charge in [0, 0.05) is 6.04 Å². The lowest BCUT2D eigenvalue weighted by Crippen LogP contribution is -2.32. The van der Waals surface area contributed by atoms with Crippen LogP contribution in [-0.2, 0) is 9.84 Å². The summed E-state index contributed by atoms with van der Waals surface area (Å²) >= 11 is 0. The minimum Gasteiger partial charge on any atom is -0.314 e. The van der Waals surface area contributed by atoms with Gasteiger partial charge in [0.1, 0.15) is 0 Å². The number of nitrogens with one attached hydrogen (secondary N) is 1. The van der Waals surface area contributed by atoms with E-state index in [9.17, 15) is 8.42 Å². The van der Waals surface area contributed by atoms with Crippen molar-refractivity contribution in [1.29, 1.82) is 0 Å². The van der Waals surface area contributed by atoms with Crippen LogP contribution in [0.15, 0.2) is 29.2 Å². The summed E-state index contributed by atoms with van der Waals surface area (Å²) in [6.07, 6.45) is 0.627. The van der Waals surface area contributed by atoms with Crippen LogP contribution in [0.2, 0.25) is 0 Å². The highest BCUT2D eigenvalue weighted by atomic mass is 32.2. The van der Waals surface area contributed by atoms with Crippen LogP contribution in [0, 0.1) is 0 Å². The summed E-state index contributed by atoms with van der Waals surface area (Å²) in [5.41, 5.74) is 1.16. The Labute approximate surface area is 123 Å². The van der Waals surface area contributed by atoms with Gasteiger partial charge in [0.05, 0.1) is 10.1 Å². The van der Waals surface area contributed by atoms with Crippen LogP contribution >= 0.6 is 0 Å². The van der Waals surface area contributed by atoms with E-state index in [1.165, 1.54) is 0 Å². The van der Waals surface area contributed by atoms with Crippen molar-refractivity contribution in [2.75, 3.05) is 6.54 Å². The van der Waals surface area contributed by atoms with Crippen molar-refractivity contribution in [1.82, 2.24) is 5.32 Å². The Morgan fingerprint density at radius 3 is 2.05 bits per heavy atom.